The zero-order valence-electron chi connectivity index (χ0n) is 11.7. The van der Waals surface area contributed by atoms with Crippen LogP contribution in [0.2, 0.25) is 0 Å². The molecule has 0 atom stereocenters. The Kier molecular flexibility index (Phi) is 3.90. The Morgan fingerprint density at radius 2 is 2.05 bits per heavy atom. The van der Waals surface area contributed by atoms with Crippen LogP contribution in [0.3, 0.4) is 0 Å². The van der Waals surface area contributed by atoms with Gasteiger partial charge in [0.2, 0.25) is 0 Å². The molecule has 0 spiro atoms. The lowest BCUT2D eigenvalue weighted by Gasteiger charge is -2.22. The molecule has 0 unspecified atom stereocenters. The minimum atomic E-state index is -0.179. The van der Waals surface area contributed by atoms with Crippen LogP contribution in [0.4, 0.5) is 0 Å². The molecule has 0 bridgehead atoms. The Morgan fingerprint density at radius 3 is 2.81 bits per heavy atom. The number of carbonyl (C=O) groups excluding carboxylic acids is 1. The second-order valence-corrected chi connectivity index (χ2v) is 5.40. The highest BCUT2D eigenvalue weighted by molar-refractivity contribution is 5.92. The molecule has 21 heavy (non-hydrogen) atoms. The highest BCUT2D eigenvalue weighted by atomic mass is 16.4. The van der Waals surface area contributed by atoms with Gasteiger partial charge in [0, 0.05) is 17.8 Å². The minimum absolute atomic E-state index is 0.0668. The molecule has 0 radical (unpaired) electrons. The van der Waals surface area contributed by atoms with Crippen molar-refractivity contribution in [1.82, 2.24) is 10.3 Å². The molecule has 0 saturated heterocycles. The lowest BCUT2D eigenvalue weighted by atomic mass is 9.95. The molecule has 1 saturated carbocycles. The highest BCUT2D eigenvalue weighted by Gasteiger charge is 2.19. The summed E-state index contributed by atoms with van der Waals surface area (Å²) in [6, 6.07) is 5.17. The van der Waals surface area contributed by atoms with E-state index in [9.17, 15) is 9.90 Å². The first-order chi connectivity index (χ1) is 10.2. The van der Waals surface area contributed by atoms with E-state index in [1.807, 2.05) is 0 Å². The summed E-state index contributed by atoms with van der Waals surface area (Å²) >= 11 is 0. The second-order valence-electron chi connectivity index (χ2n) is 5.40. The number of amides is 1. The maximum Gasteiger partial charge on any atom is 0.287 e. The number of furan rings is 1. The number of pyridine rings is 1. The minimum Gasteiger partial charge on any atom is -0.506 e. The monoisotopic (exact) mass is 286 g/mol. The third-order valence-corrected chi connectivity index (χ3v) is 3.78. The van der Waals surface area contributed by atoms with Crippen LogP contribution in [0.25, 0.3) is 11.3 Å². The average molecular weight is 286 g/mol. The fourth-order valence-corrected chi connectivity index (χ4v) is 2.68. The van der Waals surface area contributed by atoms with Gasteiger partial charge in [0.25, 0.3) is 5.91 Å². The van der Waals surface area contributed by atoms with E-state index < -0.39 is 0 Å². The van der Waals surface area contributed by atoms with Gasteiger partial charge in [-0.05, 0) is 31.0 Å². The third-order valence-electron chi connectivity index (χ3n) is 3.78. The topological polar surface area (TPSA) is 75.4 Å². The van der Waals surface area contributed by atoms with E-state index in [-0.39, 0.29) is 17.7 Å². The lowest BCUT2D eigenvalue weighted by Crippen LogP contribution is -2.35. The summed E-state index contributed by atoms with van der Waals surface area (Å²) in [4.78, 5) is 16.1. The summed E-state index contributed by atoms with van der Waals surface area (Å²) in [5, 5.41) is 12.4. The summed E-state index contributed by atoms with van der Waals surface area (Å²) in [6.07, 6.45) is 8.60. The van der Waals surface area contributed by atoms with Gasteiger partial charge in [0.1, 0.15) is 11.5 Å². The number of rotatable bonds is 3. The molecule has 110 valence electrons. The fraction of sp³-hybridized carbons (Fsp3) is 0.375. The van der Waals surface area contributed by atoms with E-state index >= 15 is 0 Å². The van der Waals surface area contributed by atoms with E-state index in [0.717, 1.165) is 12.8 Å². The van der Waals surface area contributed by atoms with Crippen LogP contribution >= 0.6 is 0 Å². The standard InChI is InChI=1S/C16H18N2O3/c19-13-8-11(9-17-10-13)14-6-7-15(21-14)16(20)18-12-4-2-1-3-5-12/h6-10,12,19H,1-5H2,(H,18,20). The number of aromatic nitrogens is 1. The Labute approximate surface area is 123 Å². The van der Waals surface area contributed by atoms with E-state index in [0.29, 0.717) is 17.1 Å². The van der Waals surface area contributed by atoms with Gasteiger partial charge in [-0.2, -0.15) is 0 Å². The summed E-state index contributed by atoms with van der Waals surface area (Å²) < 4.78 is 5.56. The molecular weight excluding hydrogens is 268 g/mol. The normalized spacial score (nSPS) is 15.8. The van der Waals surface area contributed by atoms with Crippen LogP contribution in [0.5, 0.6) is 5.75 Å². The molecule has 0 aliphatic heterocycles. The van der Waals surface area contributed by atoms with Gasteiger partial charge < -0.3 is 14.8 Å². The Hall–Kier alpha value is -2.30. The number of nitrogens with one attached hydrogen (secondary N) is 1. The molecule has 5 nitrogen and oxygen atoms in total. The van der Waals surface area contributed by atoms with Crippen molar-refractivity contribution in [3.8, 4) is 17.1 Å². The predicted octanol–water partition coefficient (Wildman–Crippen LogP) is 3.11. The predicted molar refractivity (Wildman–Crippen MR) is 77.9 cm³/mol. The van der Waals surface area contributed by atoms with Gasteiger partial charge in [-0.3, -0.25) is 9.78 Å². The van der Waals surface area contributed by atoms with Crippen molar-refractivity contribution in [1.29, 1.82) is 0 Å². The highest BCUT2D eigenvalue weighted by Crippen LogP contribution is 2.24. The van der Waals surface area contributed by atoms with Gasteiger partial charge >= 0.3 is 0 Å². The van der Waals surface area contributed by atoms with Gasteiger partial charge in [-0.15, -0.1) is 0 Å². The van der Waals surface area contributed by atoms with Crippen molar-refractivity contribution in [3.63, 3.8) is 0 Å². The largest absolute Gasteiger partial charge is 0.506 e. The summed E-state index contributed by atoms with van der Waals surface area (Å²) in [6.45, 7) is 0. The van der Waals surface area contributed by atoms with Crippen LogP contribution in [0, 0.1) is 0 Å². The molecule has 1 fully saturated rings. The van der Waals surface area contributed by atoms with Gasteiger partial charge in [-0.25, -0.2) is 0 Å². The summed E-state index contributed by atoms with van der Waals surface area (Å²) in [7, 11) is 0. The average Bonchev–Trinajstić information content (AvgIpc) is 2.98. The molecule has 2 heterocycles. The molecule has 3 rings (SSSR count). The first-order valence-corrected chi connectivity index (χ1v) is 7.27. The number of hydrogen-bond acceptors (Lipinski definition) is 4. The number of aromatic hydroxyl groups is 1. The lowest BCUT2D eigenvalue weighted by molar-refractivity contribution is 0.0900. The third kappa shape index (κ3) is 3.24. The molecule has 1 aliphatic rings. The molecule has 2 N–H and O–H groups in total. The molecule has 2 aromatic rings. The van der Waals surface area contributed by atoms with Crippen molar-refractivity contribution >= 4 is 5.91 Å². The quantitative estimate of drug-likeness (QED) is 0.909. The first kappa shape index (κ1) is 13.7. The van der Waals surface area contributed by atoms with Gasteiger partial charge in [0.15, 0.2) is 5.76 Å². The second kappa shape index (κ2) is 5.99. The molecule has 2 aromatic heterocycles. The fourth-order valence-electron chi connectivity index (χ4n) is 2.68. The van der Waals surface area contributed by atoms with E-state index in [4.69, 9.17) is 4.42 Å². The molecule has 5 heteroatoms. The molecule has 1 aliphatic carbocycles. The van der Waals surface area contributed by atoms with Crippen LogP contribution < -0.4 is 5.32 Å². The van der Waals surface area contributed by atoms with Crippen LogP contribution in [-0.4, -0.2) is 22.0 Å². The number of hydrogen-bond donors (Lipinski definition) is 2. The van der Waals surface area contributed by atoms with E-state index in [1.165, 1.54) is 25.5 Å². The van der Waals surface area contributed by atoms with Crippen molar-refractivity contribution in [2.45, 2.75) is 38.1 Å². The molecular formula is C16H18N2O3. The molecule has 0 aromatic carbocycles. The summed E-state index contributed by atoms with van der Waals surface area (Å²) in [5.41, 5.74) is 0.645. The van der Waals surface area contributed by atoms with Crippen LogP contribution in [0.1, 0.15) is 42.7 Å². The van der Waals surface area contributed by atoms with Crippen molar-refractivity contribution in [2.24, 2.45) is 0 Å². The zero-order chi connectivity index (χ0) is 14.7. The Morgan fingerprint density at radius 1 is 1.24 bits per heavy atom. The zero-order valence-corrected chi connectivity index (χ0v) is 11.7. The van der Waals surface area contributed by atoms with E-state index in [2.05, 4.69) is 10.3 Å². The van der Waals surface area contributed by atoms with E-state index in [1.54, 1.807) is 24.4 Å². The number of carbonyl (C=O) groups is 1. The van der Waals surface area contributed by atoms with Crippen molar-refractivity contribution < 1.29 is 14.3 Å². The maximum atomic E-state index is 12.2. The smallest absolute Gasteiger partial charge is 0.287 e. The van der Waals surface area contributed by atoms with Crippen LogP contribution in [-0.2, 0) is 0 Å². The first-order valence-electron chi connectivity index (χ1n) is 7.27. The van der Waals surface area contributed by atoms with Gasteiger partial charge in [-0.1, -0.05) is 19.3 Å². The summed E-state index contributed by atoms with van der Waals surface area (Å²) in [5.74, 6) is 0.699. The van der Waals surface area contributed by atoms with Crippen molar-refractivity contribution in [3.05, 3.63) is 36.4 Å². The maximum absolute atomic E-state index is 12.2. The van der Waals surface area contributed by atoms with Crippen molar-refractivity contribution in [2.75, 3.05) is 0 Å². The Bertz CT molecular complexity index is 630. The van der Waals surface area contributed by atoms with Gasteiger partial charge in [0.05, 0.1) is 6.20 Å². The van der Waals surface area contributed by atoms with Crippen LogP contribution in [0.15, 0.2) is 35.0 Å². The SMILES string of the molecule is O=C(NC1CCCCC1)c1ccc(-c2cncc(O)c2)o1. The Balaban J connectivity index is 1.70. The molecule has 1 amide bonds. The number of nitrogens with zero attached hydrogens (tertiary/aromatic N) is 1.